The quantitative estimate of drug-likeness (QED) is 0.750. The van der Waals surface area contributed by atoms with Crippen LogP contribution in [0.15, 0.2) is 0 Å². The van der Waals surface area contributed by atoms with Crippen LogP contribution in [0.4, 0.5) is 0 Å². The van der Waals surface area contributed by atoms with E-state index < -0.39 is 0 Å². The zero-order valence-corrected chi connectivity index (χ0v) is 11.1. The van der Waals surface area contributed by atoms with E-state index in [9.17, 15) is 4.79 Å². The van der Waals surface area contributed by atoms with Crippen LogP contribution >= 0.6 is 0 Å². The molecule has 0 aliphatic heterocycles. The molecule has 3 nitrogen and oxygen atoms in total. The minimum atomic E-state index is -0.159. The molecule has 0 aromatic heterocycles. The van der Waals surface area contributed by atoms with Gasteiger partial charge in [-0.1, -0.05) is 13.8 Å². The van der Waals surface area contributed by atoms with Crippen molar-refractivity contribution >= 4 is 5.91 Å². The van der Waals surface area contributed by atoms with E-state index in [0.717, 1.165) is 0 Å². The molecular formula is C12H26N2O. The fraction of sp³-hybridized carbons (Fsp3) is 0.917. The summed E-state index contributed by atoms with van der Waals surface area (Å²) >= 11 is 0. The minimum Gasteiger partial charge on any atom is -0.350 e. The van der Waals surface area contributed by atoms with Gasteiger partial charge in [0, 0.05) is 11.6 Å². The Morgan fingerprint density at radius 3 is 1.87 bits per heavy atom. The van der Waals surface area contributed by atoms with Crippen LogP contribution in [-0.4, -0.2) is 23.5 Å². The number of rotatable bonds is 4. The van der Waals surface area contributed by atoms with E-state index in [4.69, 9.17) is 0 Å². The van der Waals surface area contributed by atoms with Crippen LogP contribution < -0.4 is 10.6 Å². The van der Waals surface area contributed by atoms with Gasteiger partial charge in [0.05, 0.1) is 6.04 Å². The van der Waals surface area contributed by atoms with Gasteiger partial charge in [-0.2, -0.15) is 0 Å². The molecule has 15 heavy (non-hydrogen) atoms. The van der Waals surface area contributed by atoms with E-state index in [2.05, 4.69) is 31.4 Å². The Kier molecular flexibility index (Phi) is 5.29. The maximum Gasteiger partial charge on any atom is 0.237 e. The van der Waals surface area contributed by atoms with Crippen LogP contribution in [0.2, 0.25) is 0 Å². The SMILES string of the molecule is CC(NC(C)C(C)C)C(=O)NC(C)(C)C. The van der Waals surface area contributed by atoms with Gasteiger partial charge in [0.15, 0.2) is 0 Å². The summed E-state index contributed by atoms with van der Waals surface area (Å²) in [5.41, 5.74) is -0.159. The zero-order valence-electron chi connectivity index (χ0n) is 11.1. The van der Waals surface area contributed by atoms with Gasteiger partial charge in [-0.25, -0.2) is 0 Å². The van der Waals surface area contributed by atoms with Gasteiger partial charge in [-0.3, -0.25) is 4.79 Å². The van der Waals surface area contributed by atoms with Crippen molar-refractivity contribution in [2.24, 2.45) is 5.92 Å². The van der Waals surface area contributed by atoms with E-state index in [1.807, 2.05) is 27.7 Å². The molecule has 0 aliphatic carbocycles. The molecule has 0 saturated carbocycles. The van der Waals surface area contributed by atoms with Gasteiger partial charge in [0.1, 0.15) is 0 Å². The highest BCUT2D eigenvalue weighted by molar-refractivity contribution is 5.81. The number of hydrogen-bond acceptors (Lipinski definition) is 2. The lowest BCUT2D eigenvalue weighted by Crippen LogP contribution is -2.52. The standard InChI is InChI=1S/C12H26N2O/c1-8(2)9(3)13-10(4)11(15)14-12(5,6)7/h8-10,13H,1-7H3,(H,14,15). The van der Waals surface area contributed by atoms with Crippen molar-refractivity contribution in [3.05, 3.63) is 0 Å². The molecule has 0 aromatic carbocycles. The summed E-state index contributed by atoms with van der Waals surface area (Å²) in [6, 6.07) is 0.215. The molecule has 2 unspecified atom stereocenters. The highest BCUT2D eigenvalue weighted by Gasteiger charge is 2.20. The summed E-state index contributed by atoms with van der Waals surface area (Å²) in [4.78, 5) is 11.7. The molecule has 2 N–H and O–H groups in total. The third-order valence-corrected chi connectivity index (χ3v) is 2.40. The predicted octanol–water partition coefficient (Wildman–Crippen LogP) is 1.92. The normalized spacial score (nSPS) is 16.3. The molecule has 2 atom stereocenters. The zero-order chi connectivity index (χ0) is 12.2. The Morgan fingerprint density at radius 2 is 1.53 bits per heavy atom. The van der Waals surface area contributed by atoms with Gasteiger partial charge in [0.25, 0.3) is 0 Å². The molecule has 0 heterocycles. The monoisotopic (exact) mass is 214 g/mol. The fourth-order valence-electron chi connectivity index (χ4n) is 1.14. The lowest BCUT2D eigenvalue weighted by molar-refractivity contribution is -0.124. The van der Waals surface area contributed by atoms with E-state index in [1.165, 1.54) is 0 Å². The first-order valence-corrected chi connectivity index (χ1v) is 5.71. The van der Waals surface area contributed by atoms with E-state index in [-0.39, 0.29) is 17.5 Å². The topological polar surface area (TPSA) is 41.1 Å². The number of carbonyl (C=O) groups is 1. The van der Waals surface area contributed by atoms with Crippen LogP contribution in [0.3, 0.4) is 0 Å². The Labute approximate surface area is 94.0 Å². The molecule has 0 radical (unpaired) electrons. The van der Waals surface area contributed by atoms with Crippen LogP contribution in [-0.2, 0) is 4.79 Å². The van der Waals surface area contributed by atoms with Gasteiger partial charge >= 0.3 is 0 Å². The smallest absolute Gasteiger partial charge is 0.237 e. The maximum atomic E-state index is 11.7. The summed E-state index contributed by atoms with van der Waals surface area (Å²) < 4.78 is 0. The minimum absolute atomic E-state index is 0.0648. The van der Waals surface area contributed by atoms with Crippen molar-refractivity contribution in [2.75, 3.05) is 0 Å². The molecule has 0 aliphatic rings. The summed E-state index contributed by atoms with van der Waals surface area (Å²) in [6.07, 6.45) is 0. The Morgan fingerprint density at radius 1 is 1.07 bits per heavy atom. The molecule has 1 amide bonds. The van der Waals surface area contributed by atoms with E-state index in [1.54, 1.807) is 0 Å². The van der Waals surface area contributed by atoms with Crippen LogP contribution in [0.1, 0.15) is 48.5 Å². The summed E-state index contributed by atoms with van der Waals surface area (Å²) in [5, 5.41) is 6.25. The molecule has 0 rings (SSSR count). The summed E-state index contributed by atoms with van der Waals surface area (Å²) in [7, 11) is 0. The Hall–Kier alpha value is -0.570. The third kappa shape index (κ3) is 6.50. The Bertz CT molecular complexity index is 206. The second-order valence-electron chi connectivity index (χ2n) is 5.66. The highest BCUT2D eigenvalue weighted by Crippen LogP contribution is 2.03. The van der Waals surface area contributed by atoms with Gasteiger partial charge in [-0.15, -0.1) is 0 Å². The van der Waals surface area contributed by atoms with Gasteiger partial charge < -0.3 is 10.6 Å². The molecular weight excluding hydrogens is 188 g/mol. The van der Waals surface area contributed by atoms with Crippen LogP contribution in [0.25, 0.3) is 0 Å². The number of nitrogens with one attached hydrogen (secondary N) is 2. The predicted molar refractivity (Wildman–Crippen MR) is 64.8 cm³/mol. The second-order valence-corrected chi connectivity index (χ2v) is 5.66. The second kappa shape index (κ2) is 5.50. The fourth-order valence-corrected chi connectivity index (χ4v) is 1.14. The summed E-state index contributed by atoms with van der Waals surface area (Å²) in [5.74, 6) is 0.602. The van der Waals surface area contributed by atoms with Crippen molar-refractivity contribution in [2.45, 2.75) is 66.1 Å². The van der Waals surface area contributed by atoms with Gasteiger partial charge in [0.2, 0.25) is 5.91 Å². The first kappa shape index (κ1) is 14.4. The molecule has 0 aromatic rings. The van der Waals surface area contributed by atoms with Crippen LogP contribution in [0, 0.1) is 5.92 Å². The molecule has 90 valence electrons. The molecule has 0 spiro atoms. The molecule has 0 bridgehead atoms. The Balaban J connectivity index is 4.11. The number of amides is 1. The van der Waals surface area contributed by atoms with Crippen molar-refractivity contribution < 1.29 is 4.79 Å². The molecule has 0 saturated heterocycles. The van der Waals surface area contributed by atoms with E-state index >= 15 is 0 Å². The lowest BCUT2D eigenvalue weighted by Gasteiger charge is -2.26. The van der Waals surface area contributed by atoms with Crippen molar-refractivity contribution in [3.8, 4) is 0 Å². The molecule has 3 heteroatoms. The third-order valence-electron chi connectivity index (χ3n) is 2.40. The average Bonchev–Trinajstić information content (AvgIpc) is 2.00. The van der Waals surface area contributed by atoms with Gasteiger partial charge in [-0.05, 0) is 40.5 Å². The number of hydrogen-bond donors (Lipinski definition) is 2. The van der Waals surface area contributed by atoms with Crippen molar-refractivity contribution in [3.63, 3.8) is 0 Å². The number of carbonyl (C=O) groups excluding carboxylic acids is 1. The highest BCUT2D eigenvalue weighted by atomic mass is 16.2. The van der Waals surface area contributed by atoms with Crippen LogP contribution in [0.5, 0.6) is 0 Å². The maximum absolute atomic E-state index is 11.7. The molecule has 0 fully saturated rings. The first-order valence-electron chi connectivity index (χ1n) is 5.71. The lowest BCUT2D eigenvalue weighted by atomic mass is 10.0. The van der Waals surface area contributed by atoms with Crippen molar-refractivity contribution in [1.29, 1.82) is 0 Å². The largest absolute Gasteiger partial charge is 0.350 e. The van der Waals surface area contributed by atoms with E-state index in [0.29, 0.717) is 12.0 Å². The summed E-state index contributed by atoms with van der Waals surface area (Å²) in [6.45, 7) is 14.3. The average molecular weight is 214 g/mol. The first-order chi connectivity index (χ1) is 6.63. The van der Waals surface area contributed by atoms with Crippen molar-refractivity contribution in [1.82, 2.24) is 10.6 Å².